The van der Waals surface area contributed by atoms with Crippen LogP contribution in [0.5, 0.6) is 5.75 Å². The monoisotopic (exact) mass is 475 g/mol. The van der Waals surface area contributed by atoms with Crippen LogP contribution in [0.3, 0.4) is 0 Å². The molecule has 0 saturated heterocycles. The number of nitrogens with one attached hydrogen (secondary N) is 1. The fourth-order valence-corrected chi connectivity index (χ4v) is 4.35. The van der Waals surface area contributed by atoms with Gasteiger partial charge in [0.25, 0.3) is 0 Å². The minimum atomic E-state index is -0.246. The molecule has 1 N–H and O–H groups in total. The lowest BCUT2D eigenvalue weighted by atomic mass is 10.1. The van der Waals surface area contributed by atoms with Crippen molar-refractivity contribution in [2.75, 3.05) is 6.61 Å². The van der Waals surface area contributed by atoms with Gasteiger partial charge in [-0.3, -0.25) is 4.79 Å². The molecule has 34 heavy (non-hydrogen) atoms. The molecule has 1 aromatic heterocycles. The van der Waals surface area contributed by atoms with Crippen LogP contribution < -0.4 is 10.1 Å². The van der Waals surface area contributed by atoms with Gasteiger partial charge in [0.2, 0.25) is 5.91 Å². The van der Waals surface area contributed by atoms with Crippen LogP contribution in [0.25, 0.3) is 11.0 Å². The number of rotatable bonds is 8. The summed E-state index contributed by atoms with van der Waals surface area (Å²) < 4.78 is 8.19. The van der Waals surface area contributed by atoms with Gasteiger partial charge in [-0.1, -0.05) is 48.0 Å². The van der Waals surface area contributed by atoms with Crippen LogP contribution in [0.1, 0.15) is 41.0 Å². The van der Waals surface area contributed by atoms with Crippen molar-refractivity contribution in [1.82, 2.24) is 14.9 Å². The Morgan fingerprint density at radius 2 is 1.71 bits per heavy atom. The van der Waals surface area contributed by atoms with Crippen LogP contribution in [0, 0.1) is 20.8 Å². The largest absolute Gasteiger partial charge is 0.492 e. The van der Waals surface area contributed by atoms with E-state index in [0.717, 1.165) is 49.9 Å². The number of para-hydroxylation sites is 2. The van der Waals surface area contributed by atoms with Gasteiger partial charge in [0.05, 0.1) is 30.0 Å². The standard InChI is InChI=1S/C28H30ClN3O2/c1-18-9-5-6-10-22(18)17-26(33)30-21(4)28-31-24-11-7-8-12-25(24)32(28)13-14-34-23-15-19(2)27(29)20(3)16-23/h5-12,15-16,21H,13-14,17H2,1-4H3,(H,30,33). The Balaban J connectivity index is 1.50. The fraction of sp³-hybridized carbons (Fsp3) is 0.286. The third kappa shape index (κ3) is 5.26. The van der Waals surface area contributed by atoms with Crippen LogP contribution in [-0.2, 0) is 17.8 Å². The third-order valence-corrected chi connectivity index (χ3v) is 6.65. The van der Waals surface area contributed by atoms with Crippen molar-refractivity contribution >= 4 is 28.5 Å². The normalized spacial score (nSPS) is 12.0. The summed E-state index contributed by atoms with van der Waals surface area (Å²) in [7, 11) is 0. The fourth-order valence-electron chi connectivity index (χ4n) is 4.24. The number of ether oxygens (including phenoxy) is 1. The molecule has 4 rings (SSSR count). The molecule has 0 saturated carbocycles. The molecule has 176 valence electrons. The Bertz CT molecular complexity index is 1310. The number of carbonyl (C=O) groups is 1. The maximum atomic E-state index is 12.8. The molecule has 0 aliphatic heterocycles. The second-order valence-electron chi connectivity index (χ2n) is 8.72. The van der Waals surface area contributed by atoms with E-state index in [1.807, 2.05) is 88.4 Å². The molecule has 0 spiro atoms. The molecule has 0 aliphatic rings. The number of nitrogens with zero attached hydrogens (tertiary/aromatic N) is 2. The maximum absolute atomic E-state index is 12.8. The van der Waals surface area contributed by atoms with Crippen LogP contribution in [0.4, 0.5) is 0 Å². The third-order valence-electron chi connectivity index (χ3n) is 6.05. The van der Waals surface area contributed by atoms with E-state index >= 15 is 0 Å². The van der Waals surface area contributed by atoms with E-state index in [-0.39, 0.29) is 11.9 Å². The Morgan fingerprint density at radius 3 is 2.44 bits per heavy atom. The number of imidazole rings is 1. The van der Waals surface area contributed by atoms with Crippen molar-refractivity contribution in [2.45, 2.75) is 46.7 Å². The summed E-state index contributed by atoms with van der Waals surface area (Å²) in [6.45, 7) is 9.03. The number of aromatic nitrogens is 2. The van der Waals surface area contributed by atoms with Gasteiger partial charge < -0.3 is 14.6 Å². The Labute approximate surface area is 205 Å². The van der Waals surface area contributed by atoms with E-state index in [1.54, 1.807) is 0 Å². The van der Waals surface area contributed by atoms with E-state index in [0.29, 0.717) is 19.6 Å². The summed E-state index contributed by atoms with van der Waals surface area (Å²) in [4.78, 5) is 17.6. The Morgan fingerprint density at radius 1 is 1.03 bits per heavy atom. The van der Waals surface area contributed by atoms with E-state index in [4.69, 9.17) is 21.3 Å². The van der Waals surface area contributed by atoms with Crippen molar-refractivity contribution in [3.63, 3.8) is 0 Å². The average Bonchev–Trinajstić information content (AvgIpc) is 3.18. The van der Waals surface area contributed by atoms with Crippen molar-refractivity contribution in [3.8, 4) is 5.75 Å². The zero-order valence-corrected chi connectivity index (χ0v) is 20.8. The highest BCUT2D eigenvalue weighted by Gasteiger charge is 2.19. The van der Waals surface area contributed by atoms with Crippen LogP contribution in [0.2, 0.25) is 5.02 Å². The number of carbonyl (C=O) groups excluding carboxylic acids is 1. The van der Waals surface area contributed by atoms with E-state index in [9.17, 15) is 4.79 Å². The predicted molar refractivity (Wildman–Crippen MR) is 138 cm³/mol. The molecule has 1 atom stereocenters. The number of benzene rings is 3. The van der Waals surface area contributed by atoms with E-state index in [1.165, 1.54) is 0 Å². The molecule has 4 aromatic rings. The number of aryl methyl sites for hydroxylation is 3. The summed E-state index contributed by atoms with van der Waals surface area (Å²) in [6, 6.07) is 19.6. The molecular weight excluding hydrogens is 446 g/mol. The zero-order valence-electron chi connectivity index (χ0n) is 20.1. The first-order chi connectivity index (χ1) is 16.3. The molecule has 1 unspecified atom stereocenters. The lowest BCUT2D eigenvalue weighted by molar-refractivity contribution is -0.121. The molecule has 0 aliphatic carbocycles. The summed E-state index contributed by atoms with van der Waals surface area (Å²) in [5.41, 5.74) is 6.05. The number of hydrogen-bond acceptors (Lipinski definition) is 3. The summed E-state index contributed by atoms with van der Waals surface area (Å²) in [5, 5.41) is 3.89. The Hall–Kier alpha value is -3.31. The zero-order chi connectivity index (χ0) is 24.2. The SMILES string of the molecule is Cc1ccccc1CC(=O)NC(C)c1nc2ccccc2n1CCOc1cc(C)c(Cl)c(C)c1. The van der Waals surface area contributed by atoms with Crippen molar-refractivity contribution < 1.29 is 9.53 Å². The molecule has 1 amide bonds. The minimum absolute atomic E-state index is 0.0243. The van der Waals surface area contributed by atoms with E-state index < -0.39 is 0 Å². The molecule has 5 nitrogen and oxygen atoms in total. The number of fused-ring (bicyclic) bond motifs is 1. The maximum Gasteiger partial charge on any atom is 0.225 e. The van der Waals surface area contributed by atoms with Gasteiger partial charge in [0.15, 0.2) is 0 Å². The van der Waals surface area contributed by atoms with E-state index in [2.05, 4.69) is 9.88 Å². The predicted octanol–water partition coefficient (Wildman–Crippen LogP) is 6.11. The molecule has 3 aromatic carbocycles. The van der Waals surface area contributed by atoms with Gasteiger partial charge in [0, 0.05) is 5.02 Å². The first kappa shape index (κ1) is 23.8. The van der Waals surface area contributed by atoms with Gasteiger partial charge >= 0.3 is 0 Å². The van der Waals surface area contributed by atoms with Gasteiger partial charge in [-0.2, -0.15) is 0 Å². The molecule has 1 heterocycles. The Kier molecular flexibility index (Phi) is 7.23. The quantitative estimate of drug-likeness (QED) is 0.334. The summed E-state index contributed by atoms with van der Waals surface area (Å²) in [6.07, 6.45) is 0.343. The van der Waals surface area contributed by atoms with Gasteiger partial charge in [0.1, 0.15) is 18.2 Å². The number of halogens is 1. The van der Waals surface area contributed by atoms with Crippen molar-refractivity contribution in [3.05, 3.63) is 93.8 Å². The lowest BCUT2D eigenvalue weighted by Crippen LogP contribution is -2.30. The van der Waals surface area contributed by atoms with Crippen molar-refractivity contribution in [2.24, 2.45) is 0 Å². The second kappa shape index (κ2) is 10.3. The second-order valence-corrected chi connectivity index (χ2v) is 9.10. The smallest absolute Gasteiger partial charge is 0.225 e. The average molecular weight is 476 g/mol. The minimum Gasteiger partial charge on any atom is -0.492 e. The van der Waals surface area contributed by atoms with Crippen LogP contribution in [-0.4, -0.2) is 22.1 Å². The molecule has 0 fully saturated rings. The van der Waals surface area contributed by atoms with Gasteiger partial charge in [-0.05, 0) is 74.2 Å². The number of amides is 1. The first-order valence-electron chi connectivity index (χ1n) is 11.5. The van der Waals surface area contributed by atoms with Gasteiger partial charge in [-0.15, -0.1) is 0 Å². The highest BCUT2D eigenvalue weighted by atomic mass is 35.5. The van der Waals surface area contributed by atoms with Gasteiger partial charge in [-0.25, -0.2) is 4.98 Å². The summed E-state index contributed by atoms with van der Waals surface area (Å²) in [5.74, 6) is 1.58. The van der Waals surface area contributed by atoms with Crippen LogP contribution >= 0.6 is 11.6 Å². The molecule has 0 bridgehead atoms. The van der Waals surface area contributed by atoms with Crippen molar-refractivity contribution in [1.29, 1.82) is 0 Å². The highest BCUT2D eigenvalue weighted by Crippen LogP contribution is 2.26. The summed E-state index contributed by atoms with van der Waals surface area (Å²) >= 11 is 6.28. The number of hydrogen-bond donors (Lipinski definition) is 1. The highest BCUT2D eigenvalue weighted by molar-refractivity contribution is 6.32. The molecular formula is C28H30ClN3O2. The topological polar surface area (TPSA) is 56.2 Å². The molecule has 0 radical (unpaired) electrons. The molecule has 6 heteroatoms. The lowest BCUT2D eigenvalue weighted by Gasteiger charge is -2.17. The first-order valence-corrected chi connectivity index (χ1v) is 11.9. The van der Waals surface area contributed by atoms with Crippen LogP contribution in [0.15, 0.2) is 60.7 Å².